The summed E-state index contributed by atoms with van der Waals surface area (Å²) in [5, 5.41) is 0. The third-order valence-electron chi connectivity index (χ3n) is 2.32. The molecule has 0 heterocycles. The summed E-state index contributed by atoms with van der Waals surface area (Å²) in [6.45, 7) is 9.75. The van der Waals surface area contributed by atoms with Crippen LogP contribution in [0.1, 0.15) is 47.0 Å². The molecule has 0 aliphatic carbocycles. The predicted octanol–water partition coefficient (Wildman–Crippen LogP) is 3.24. The highest BCUT2D eigenvalue weighted by Gasteiger charge is 2.08. The van der Waals surface area contributed by atoms with Gasteiger partial charge in [-0.25, -0.2) is 0 Å². The van der Waals surface area contributed by atoms with E-state index in [1.807, 2.05) is 0 Å². The van der Waals surface area contributed by atoms with Crippen LogP contribution in [-0.2, 0) is 4.74 Å². The summed E-state index contributed by atoms with van der Waals surface area (Å²) in [6.07, 6.45) is 4.08. The predicted molar refractivity (Wildman–Crippen MR) is 49.8 cm³/mol. The molecule has 0 saturated carbocycles. The van der Waals surface area contributed by atoms with Gasteiger partial charge in [-0.2, -0.15) is 0 Å². The second kappa shape index (κ2) is 6.66. The Morgan fingerprint density at radius 2 is 1.82 bits per heavy atom. The topological polar surface area (TPSA) is 9.23 Å². The van der Waals surface area contributed by atoms with Crippen LogP contribution in [0.25, 0.3) is 0 Å². The van der Waals surface area contributed by atoms with E-state index in [4.69, 9.17) is 4.74 Å². The standard InChI is InChI=1S/C10H22O/c1-5-7-8-11-10(4)9(3)6-2/h9-10H,5-8H2,1-4H3. The smallest absolute Gasteiger partial charge is 0.0572 e. The van der Waals surface area contributed by atoms with E-state index in [-0.39, 0.29) is 0 Å². The van der Waals surface area contributed by atoms with Gasteiger partial charge in [0.2, 0.25) is 0 Å². The van der Waals surface area contributed by atoms with Gasteiger partial charge in [-0.05, 0) is 19.3 Å². The molecule has 1 heteroatoms. The Bertz CT molecular complexity index is 80.9. The van der Waals surface area contributed by atoms with E-state index >= 15 is 0 Å². The molecule has 0 aromatic carbocycles. The van der Waals surface area contributed by atoms with Crippen molar-refractivity contribution in [2.75, 3.05) is 6.61 Å². The maximum Gasteiger partial charge on any atom is 0.0572 e. The fourth-order valence-corrected chi connectivity index (χ4v) is 0.910. The highest BCUT2D eigenvalue weighted by Crippen LogP contribution is 2.10. The summed E-state index contributed by atoms with van der Waals surface area (Å²) >= 11 is 0. The Balaban J connectivity index is 3.28. The van der Waals surface area contributed by atoms with Gasteiger partial charge in [0.1, 0.15) is 0 Å². The Kier molecular flexibility index (Phi) is 6.63. The molecular weight excluding hydrogens is 136 g/mol. The zero-order valence-corrected chi connectivity index (χ0v) is 8.39. The quantitative estimate of drug-likeness (QED) is 0.539. The van der Waals surface area contributed by atoms with Crippen molar-refractivity contribution in [1.82, 2.24) is 0 Å². The van der Waals surface area contributed by atoms with Crippen LogP contribution in [0.5, 0.6) is 0 Å². The first-order valence-corrected chi connectivity index (χ1v) is 4.83. The van der Waals surface area contributed by atoms with Gasteiger partial charge in [-0.15, -0.1) is 0 Å². The zero-order valence-electron chi connectivity index (χ0n) is 8.39. The minimum Gasteiger partial charge on any atom is -0.378 e. The average Bonchev–Trinajstić information content (AvgIpc) is 2.03. The first kappa shape index (κ1) is 11.0. The lowest BCUT2D eigenvalue weighted by Crippen LogP contribution is -2.17. The Morgan fingerprint density at radius 3 is 2.27 bits per heavy atom. The van der Waals surface area contributed by atoms with E-state index in [1.54, 1.807) is 0 Å². The molecule has 2 unspecified atom stereocenters. The van der Waals surface area contributed by atoms with Crippen LogP contribution in [0.15, 0.2) is 0 Å². The SMILES string of the molecule is CCCCOC(C)C(C)CC. The lowest BCUT2D eigenvalue weighted by Gasteiger charge is -2.18. The Morgan fingerprint density at radius 1 is 1.18 bits per heavy atom. The van der Waals surface area contributed by atoms with E-state index in [0.29, 0.717) is 12.0 Å². The normalized spacial score (nSPS) is 16.4. The van der Waals surface area contributed by atoms with E-state index in [0.717, 1.165) is 6.61 Å². The van der Waals surface area contributed by atoms with Gasteiger partial charge in [0.05, 0.1) is 6.10 Å². The van der Waals surface area contributed by atoms with E-state index < -0.39 is 0 Å². The minimum atomic E-state index is 0.437. The van der Waals surface area contributed by atoms with Crippen molar-refractivity contribution in [3.8, 4) is 0 Å². The Labute approximate surface area is 71.1 Å². The first-order valence-electron chi connectivity index (χ1n) is 4.83. The molecule has 11 heavy (non-hydrogen) atoms. The molecule has 0 aromatic rings. The number of unbranched alkanes of at least 4 members (excludes halogenated alkanes) is 1. The second-order valence-corrected chi connectivity index (χ2v) is 3.31. The molecule has 0 spiro atoms. The number of ether oxygens (including phenoxy) is 1. The van der Waals surface area contributed by atoms with Gasteiger partial charge in [-0.1, -0.05) is 33.6 Å². The summed E-state index contributed by atoms with van der Waals surface area (Å²) in [5.74, 6) is 0.701. The monoisotopic (exact) mass is 158 g/mol. The van der Waals surface area contributed by atoms with E-state index in [9.17, 15) is 0 Å². The Hall–Kier alpha value is -0.0400. The second-order valence-electron chi connectivity index (χ2n) is 3.31. The van der Waals surface area contributed by atoms with Crippen LogP contribution >= 0.6 is 0 Å². The highest BCUT2D eigenvalue weighted by molar-refractivity contribution is 4.58. The maximum absolute atomic E-state index is 5.64. The molecule has 0 N–H and O–H groups in total. The molecule has 1 nitrogen and oxygen atoms in total. The van der Waals surface area contributed by atoms with Gasteiger partial charge < -0.3 is 4.74 Å². The minimum absolute atomic E-state index is 0.437. The van der Waals surface area contributed by atoms with Gasteiger partial charge in [0, 0.05) is 6.61 Å². The van der Waals surface area contributed by atoms with Gasteiger partial charge >= 0.3 is 0 Å². The fourth-order valence-electron chi connectivity index (χ4n) is 0.910. The molecule has 0 radical (unpaired) electrons. The summed E-state index contributed by atoms with van der Waals surface area (Å²) in [7, 11) is 0. The zero-order chi connectivity index (χ0) is 8.69. The van der Waals surface area contributed by atoms with E-state index in [2.05, 4.69) is 27.7 Å². The van der Waals surface area contributed by atoms with Gasteiger partial charge in [0.15, 0.2) is 0 Å². The van der Waals surface area contributed by atoms with Crippen molar-refractivity contribution in [2.24, 2.45) is 5.92 Å². The number of hydrogen-bond donors (Lipinski definition) is 0. The van der Waals surface area contributed by atoms with Gasteiger partial charge in [-0.3, -0.25) is 0 Å². The molecule has 0 bridgehead atoms. The molecule has 0 saturated heterocycles. The molecule has 0 aromatic heterocycles. The van der Waals surface area contributed by atoms with Crippen molar-refractivity contribution in [1.29, 1.82) is 0 Å². The number of rotatable bonds is 6. The lowest BCUT2D eigenvalue weighted by atomic mass is 10.0. The fraction of sp³-hybridized carbons (Fsp3) is 1.00. The molecule has 2 atom stereocenters. The van der Waals surface area contributed by atoms with Crippen LogP contribution in [0.2, 0.25) is 0 Å². The van der Waals surface area contributed by atoms with Crippen LogP contribution < -0.4 is 0 Å². The summed E-state index contributed by atoms with van der Waals surface area (Å²) in [6, 6.07) is 0. The van der Waals surface area contributed by atoms with Gasteiger partial charge in [0.25, 0.3) is 0 Å². The maximum atomic E-state index is 5.64. The molecule has 0 amide bonds. The van der Waals surface area contributed by atoms with Crippen LogP contribution in [-0.4, -0.2) is 12.7 Å². The molecule has 0 rings (SSSR count). The molecule has 0 aliphatic heterocycles. The van der Waals surface area contributed by atoms with Crippen molar-refractivity contribution < 1.29 is 4.74 Å². The third kappa shape index (κ3) is 5.25. The first-order chi connectivity index (χ1) is 5.22. The summed E-state index contributed by atoms with van der Waals surface area (Å²) < 4.78 is 5.64. The lowest BCUT2D eigenvalue weighted by molar-refractivity contribution is 0.0276. The highest BCUT2D eigenvalue weighted by atomic mass is 16.5. The average molecular weight is 158 g/mol. The van der Waals surface area contributed by atoms with Crippen LogP contribution in [0, 0.1) is 5.92 Å². The van der Waals surface area contributed by atoms with Crippen LogP contribution in [0.4, 0.5) is 0 Å². The molecule has 0 fully saturated rings. The van der Waals surface area contributed by atoms with Crippen molar-refractivity contribution in [3.05, 3.63) is 0 Å². The largest absolute Gasteiger partial charge is 0.378 e. The molecular formula is C10H22O. The van der Waals surface area contributed by atoms with Crippen LogP contribution in [0.3, 0.4) is 0 Å². The van der Waals surface area contributed by atoms with E-state index in [1.165, 1.54) is 19.3 Å². The van der Waals surface area contributed by atoms with Crippen molar-refractivity contribution in [2.45, 2.75) is 53.1 Å². The molecule has 68 valence electrons. The van der Waals surface area contributed by atoms with Crippen molar-refractivity contribution in [3.63, 3.8) is 0 Å². The summed E-state index contributed by atoms with van der Waals surface area (Å²) in [4.78, 5) is 0. The number of hydrogen-bond acceptors (Lipinski definition) is 1. The summed E-state index contributed by atoms with van der Waals surface area (Å²) in [5.41, 5.74) is 0. The third-order valence-corrected chi connectivity index (χ3v) is 2.32. The molecule has 0 aliphatic rings. The van der Waals surface area contributed by atoms with Crippen molar-refractivity contribution >= 4 is 0 Å².